The normalized spacial score (nSPS) is 12.7. The van der Waals surface area contributed by atoms with Crippen LogP contribution < -0.4 is 0 Å². The molecule has 1 atom stereocenters. The van der Waals surface area contributed by atoms with Gasteiger partial charge in [0.2, 0.25) is 0 Å². The zero-order chi connectivity index (χ0) is 10.6. The van der Waals surface area contributed by atoms with Gasteiger partial charge in [-0.25, -0.2) is 0 Å². The third kappa shape index (κ3) is 3.10. The van der Waals surface area contributed by atoms with Crippen molar-refractivity contribution in [1.82, 2.24) is 0 Å². The number of carboxylic acids is 1. The van der Waals surface area contributed by atoms with Crippen LogP contribution in [0.1, 0.15) is 25.4 Å². The van der Waals surface area contributed by atoms with Gasteiger partial charge >= 0.3 is 5.97 Å². The molecule has 78 valence electrons. The van der Waals surface area contributed by atoms with Crippen LogP contribution in [0.25, 0.3) is 0 Å². The average Bonchev–Trinajstić information content (AvgIpc) is 2.61. The number of hydrogen-bond donors (Lipinski definition) is 1. The zero-order valence-corrected chi connectivity index (χ0v) is 9.13. The molecular weight excluding hydrogens is 200 g/mol. The fourth-order valence-electron chi connectivity index (χ4n) is 0.968. The molecule has 0 bridgehead atoms. The average molecular weight is 214 g/mol. The number of aliphatic carboxylic acids is 1. The summed E-state index contributed by atoms with van der Waals surface area (Å²) >= 11 is 1.37. The van der Waals surface area contributed by atoms with Crippen LogP contribution in [0, 0.1) is 0 Å². The molecule has 0 spiro atoms. The molecule has 0 aromatic carbocycles. The van der Waals surface area contributed by atoms with E-state index in [4.69, 9.17) is 9.52 Å². The molecule has 0 fully saturated rings. The number of aryl methyl sites for hydroxylation is 1. The number of furan rings is 1. The maximum Gasteiger partial charge on any atom is 0.316 e. The van der Waals surface area contributed by atoms with E-state index >= 15 is 0 Å². The van der Waals surface area contributed by atoms with E-state index < -0.39 is 5.97 Å². The first-order chi connectivity index (χ1) is 6.63. The Morgan fingerprint density at radius 2 is 2.21 bits per heavy atom. The van der Waals surface area contributed by atoms with Crippen LogP contribution in [0.4, 0.5) is 0 Å². The molecule has 0 saturated heterocycles. The molecule has 0 aliphatic heterocycles. The van der Waals surface area contributed by atoms with Gasteiger partial charge in [-0.2, -0.15) is 0 Å². The van der Waals surface area contributed by atoms with Gasteiger partial charge in [-0.05, 0) is 19.1 Å². The van der Waals surface area contributed by atoms with E-state index in [0.717, 1.165) is 17.9 Å². The van der Waals surface area contributed by atoms with Crippen LogP contribution in [-0.4, -0.2) is 16.3 Å². The maximum absolute atomic E-state index is 10.5. The van der Waals surface area contributed by atoms with Gasteiger partial charge in [0.1, 0.15) is 11.5 Å². The highest BCUT2D eigenvalue weighted by Gasteiger charge is 2.12. The third-order valence-electron chi connectivity index (χ3n) is 1.89. The van der Waals surface area contributed by atoms with Crippen molar-refractivity contribution in [2.75, 3.05) is 0 Å². The summed E-state index contributed by atoms with van der Waals surface area (Å²) in [4.78, 5) is 10.5. The number of carboxylic acid groups (broad SMARTS) is 1. The van der Waals surface area contributed by atoms with Crippen molar-refractivity contribution < 1.29 is 14.3 Å². The molecule has 14 heavy (non-hydrogen) atoms. The molecule has 4 heteroatoms. The van der Waals surface area contributed by atoms with Crippen LogP contribution in [0.3, 0.4) is 0 Å². The Bertz CT molecular complexity index is 306. The number of thioether (sulfide) groups is 1. The van der Waals surface area contributed by atoms with Crippen molar-refractivity contribution in [3.05, 3.63) is 23.7 Å². The van der Waals surface area contributed by atoms with Crippen molar-refractivity contribution in [3.63, 3.8) is 0 Å². The molecule has 1 rings (SSSR count). The van der Waals surface area contributed by atoms with Crippen LogP contribution in [-0.2, 0) is 17.0 Å². The van der Waals surface area contributed by atoms with Gasteiger partial charge in [0.15, 0.2) is 0 Å². The molecule has 1 aromatic rings. The molecule has 1 unspecified atom stereocenters. The molecule has 0 aliphatic rings. The predicted molar refractivity (Wildman–Crippen MR) is 56.5 cm³/mol. The summed E-state index contributed by atoms with van der Waals surface area (Å²) in [6.45, 7) is 3.70. The van der Waals surface area contributed by atoms with Crippen molar-refractivity contribution in [2.45, 2.75) is 31.3 Å². The molecule has 0 saturated carbocycles. The summed E-state index contributed by atoms with van der Waals surface area (Å²) < 4.78 is 5.45. The summed E-state index contributed by atoms with van der Waals surface area (Å²) in [6, 6.07) is 3.84. The van der Waals surface area contributed by atoms with E-state index in [0.29, 0.717) is 5.75 Å². The lowest BCUT2D eigenvalue weighted by atomic mass is 10.4. The van der Waals surface area contributed by atoms with Gasteiger partial charge in [-0.3, -0.25) is 4.79 Å². The summed E-state index contributed by atoms with van der Waals surface area (Å²) in [7, 11) is 0. The smallest absolute Gasteiger partial charge is 0.316 e. The minimum atomic E-state index is -0.780. The van der Waals surface area contributed by atoms with Crippen LogP contribution >= 0.6 is 11.8 Å². The Hall–Kier alpha value is -0.900. The Morgan fingerprint density at radius 3 is 2.71 bits per heavy atom. The molecule has 1 heterocycles. The first-order valence-electron chi connectivity index (χ1n) is 4.55. The highest BCUT2D eigenvalue weighted by molar-refractivity contribution is 7.99. The van der Waals surface area contributed by atoms with Crippen molar-refractivity contribution in [1.29, 1.82) is 0 Å². The van der Waals surface area contributed by atoms with E-state index in [1.165, 1.54) is 11.8 Å². The van der Waals surface area contributed by atoms with E-state index in [1.54, 1.807) is 6.92 Å². The number of rotatable bonds is 5. The summed E-state index contributed by atoms with van der Waals surface area (Å²) in [5.41, 5.74) is 0. The topological polar surface area (TPSA) is 50.4 Å². The molecule has 1 N–H and O–H groups in total. The number of hydrogen-bond acceptors (Lipinski definition) is 3. The standard InChI is InChI=1S/C10H14O3S/c1-3-8-4-5-9(13-8)6-14-7(2)10(11)12/h4-5,7H,3,6H2,1-2H3,(H,11,12). The monoisotopic (exact) mass is 214 g/mol. The van der Waals surface area contributed by atoms with Gasteiger partial charge < -0.3 is 9.52 Å². The Labute approximate surface area is 87.5 Å². The lowest BCUT2D eigenvalue weighted by molar-refractivity contribution is -0.136. The molecular formula is C10H14O3S. The third-order valence-corrected chi connectivity index (χ3v) is 3.04. The number of carbonyl (C=O) groups is 1. The molecule has 3 nitrogen and oxygen atoms in total. The second-order valence-corrected chi connectivity index (χ2v) is 4.34. The SMILES string of the molecule is CCc1ccc(CSC(C)C(=O)O)o1. The molecule has 0 amide bonds. The van der Waals surface area contributed by atoms with Gasteiger partial charge in [0.05, 0.1) is 11.0 Å². The van der Waals surface area contributed by atoms with E-state index in [1.807, 2.05) is 19.1 Å². The van der Waals surface area contributed by atoms with E-state index in [2.05, 4.69) is 0 Å². The van der Waals surface area contributed by atoms with Crippen LogP contribution in [0.5, 0.6) is 0 Å². The van der Waals surface area contributed by atoms with E-state index in [-0.39, 0.29) is 5.25 Å². The van der Waals surface area contributed by atoms with Gasteiger partial charge in [-0.1, -0.05) is 6.92 Å². The maximum atomic E-state index is 10.5. The van der Waals surface area contributed by atoms with Gasteiger partial charge in [0, 0.05) is 6.42 Å². The van der Waals surface area contributed by atoms with Gasteiger partial charge in [-0.15, -0.1) is 11.8 Å². The highest BCUT2D eigenvalue weighted by Crippen LogP contribution is 2.19. The van der Waals surface area contributed by atoms with Crippen molar-refractivity contribution in [2.24, 2.45) is 0 Å². The van der Waals surface area contributed by atoms with Crippen molar-refractivity contribution in [3.8, 4) is 0 Å². The van der Waals surface area contributed by atoms with Crippen molar-refractivity contribution >= 4 is 17.7 Å². The first-order valence-corrected chi connectivity index (χ1v) is 5.60. The molecule has 0 radical (unpaired) electrons. The van der Waals surface area contributed by atoms with E-state index in [9.17, 15) is 4.79 Å². The second-order valence-electron chi connectivity index (χ2n) is 3.01. The second kappa shape index (κ2) is 5.10. The molecule has 0 aliphatic carbocycles. The molecule has 1 aromatic heterocycles. The van der Waals surface area contributed by atoms with Crippen LogP contribution in [0.15, 0.2) is 16.5 Å². The Balaban J connectivity index is 2.41. The minimum Gasteiger partial charge on any atom is -0.480 e. The highest BCUT2D eigenvalue weighted by atomic mass is 32.2. The fraction of sp³-hybridized carbons (Fsp3) is 0.500. The summed E-state index contributed by atoms with van der Waals surface area (Å²) in [6.07, 6.45) is 0.874. The largest absolute Gasteiger partial charge is 0.480 e. The predicted octanol–water partition coefficient (Wildman–Crippen LogP) is 2.55. The quantitative estimate of drug-likeness (QED) is 0.818. The lowest BCUT2D eigenvalue weighted by Gasteiger charge is -2.03. The summed E-state index contributed by atoms with van der Waals surface area (Å²) in [5.74, 6) is 1.63. The van der Waals surface area contributed by atoms with Gasteiger partial charge in [0.25, 0.3) is 0 Å². The fourth-order valence-corrected chi connectivity index (χ4v) is 1.68. The van der Waals surface area contributed by atoms with Crippen LogP contribution in [0.2, 0.25) is 0 Å². The lowest BCUT2D eigenvalue weighted by Crippen LogP contribution is -2.11. The Morgan fingerprint density at radius 1 is 1.57 bits per heavy atom. The summed E-state index contributed by atoms with van der Waals surface area (Å²) in [5, 5.41) is 8.28. The zero-order valence-electron chi connectivity index (χ0n) is 8.32. The Kier molecular flexibility index (Phi) is 4.07. The minimum absolute atomic E-state index is 0.384. The first kappa shape index (κ1) is 11.2.